The molecule has 3 nitrogen and oxygen atoms in total. The van der Waals surface area contributed by atoms with Gasteiger partial charge in [-0.05, 0) is 19.9 Å². The molecular formula is C12H22F3NO2. The molecule has 18 heavy (non-hydrogen) atoms. The lowest BCUT2D eigenvalue weighted by atomic mass is 9.83. The zero-order chi connectivity index (χ0) is 13.6. The summed E-state index contributed by atoms with van der Waals surface area (Å²) in [5.74, 6) is 0. The van der Waals surface area contributed by atoms with Gasteiger partial charge in [0.2, 0.25) is 0 Å². The summed E-state index contributed by atoms with van der Waals surface area (Å²) >= 11 is 0. The van der Waals surface area contributed by atoms with E-state index in [1.807, 2.05) is 0 Å². The second-order valence-corrected chi connectivity index (χ2v) is 4.73. The fraction of sp³-hybridized carbons (Fsp3) is 1.00. The van der Waals surface area contributed by atoms with Crippen LogP contribution in [0.4, 0.5) is 13.2 Å². The van der Waals surface area contributed by atoms with E-state index in [1.54, 1.807) is 14.2 Å². The molecule has 1 heterocycles. The van der Waals surface area contributed by atoms with Crippen LogP contribution in [-0.4, -0.2) is 45.2 Å². The molecule has 1 unspecified atom stereocenters. The molecule has 1 aliphatic rings. The second kappa shape index (κ2) is 6.73. The largest absolute Gasteiger partial charge is 0.389 e. The van der Waals surface area contributed by atoms with Gasteiger partial charge in [-0.15, -0.1) is 0 Å². The summed E-state index contributed by atoms with van der Waals surface area (Å²) in [6.07, 6.45) is -2.78. The molecule has 0 aromatic rings. The zero-order valence-electron chi connectivity index (χ0n) is 11.0. The first kappa shape index (κ1) is 15.7. The Morgan fingerprint density at radius 2 is 1.94 bits per heavy atom. The van der Waals surface area contributed by atoms with E-state index in [9.17, 15) is 13.2 Å². The van der Waals surface area contributed by atoms with Crippen molar-refractivity contribution in [1.82, 2.24) is 5.32 Å². The number of likely N-dealkylation sites (N-methyl/N-ethyl adjacent to an activating group) is 1. The van der Waals surface area contributed by atoms with E-state index in [1.165, 1.54) is 0 Å². The van der Waals surface area contributed by atoms with Crippen molar-refractivity contribution in [3.8, 4) is 0 Å². The molecule has 0 saturated carbocycles. The zero-order valence-corrected chi connectivity index (χ0v) is 11.0. The Hall–Kier alpha value is -0.330. The van der Waals surface area contributed by atoms with Gasteiger partial charge in [0.05, 0.1) is 5.60 Å². The maximum Gasteiger partial charge on any atom is 0.389 e. The normalized spacial score (nSPS) is 21.8. The number of alkyl halides is 3. The fourth-order valence-corrected chi connectivity index (χ4v) is 2.59. The van der Waals surface area contributed by atoms with Crippen molar-refractivity contribution in [1.29, 1.82) is 0 Å². The molecule has 6 heteroatoms. The first-order valence-electron chi connectivity index (χ1n) is 6.30. The van der Waals surface area contributed by atoms with Crippen LogP contribution in [0, 0.1) is 0 Å². The van der Waals surface area contributed by atoms with E-state index in [0.717, 1.165) is 12.8 Å². The number of rotatable bonds is 6. The predicted octanol–water partition coefficient (Wildman–Crippen LogP) is 2.50. The van der Waals surface area contributed by atoms with Crippen LogP contribution in [0.2, 0.25) is 0 Å². The molecule has 108 valence electrons. The molecule has 1 fully saturated rings. The van der Waals surface area contributed by atoms with Gasteiger partial charge < -0.3 is 14.8 Å². The van der Waals surface area contributed by atoms with Crippen LogP contribution >= 0.6 is 0 Å². The minimum Gasteiger partial charge on any atom is -0.381 e. The first-order chi connectivity index (χ1) is 8.43. The highest BCUT2D eigenvalue weighted by atomic mass is 19.4. The minimum atomic E-state index is -4.08. The van der Waals surface area contributed by atoms with Crippen molar-refractivity contribution in [3.63, 3.8) is 0 Å². The van der Waals surface area contributed by atoms with Crippen LogP contribution in [0.1, 0.15) is 32.1 Å². The van der Waals surface area contributed by atoms with E-state index in [0.29, 0.717) is 19.6 Å². The number of ether oxygens (including phenoxy) is 2. The summed E-state index contributed by atoms with van der Waals surface area (Å²) in [6.45, 7) is 1.20. The van der Waals surface area contributed by atoms with Crippen LogP contribution in [0.3, 0.4) is 0 Å². The van der Waals surface area contributed by atoms with Crippen molar-refractivity contribution in [2.75, 3.05) is 27.4 Å². The lowest BCUT2D eigenvalue weighted by Crippen LogP contribution is -2.54. The fourth-order valence-electron chi connectivity index (χ4n) is 2.59. The summed E-state index contributed by atoms with van der Waals surface area (Å²) in [7, 11) is 3.40. The summed E-state index contributed by atoms with van der Waals surface area (Å²) in [4.78, 5) is 0. The molecule has 1 N–H and O–H groups in total. The molecule has 0 bridgehead atoms. The van der Waals surface area contributed by atoms with Gasteiger partial charge in [-0.1, -0.05) is 0 Å². The number of halogens is 3. The third-order valence-corrected chi connectivity index (χ3v) is 3.68. The summed E-state index contributed by atoms with van der Waals surface area (Å²) in [5.41, 5.74) is -0.390. The first-order valence-corrected chi connectivity index (χ1v) is 6.30. The maximum absolute atomic E-state index is 12.2. The number of methoxy groups -OCH3 is 1. The Balaban J connectivity index is 2.52. The average molecular weight is 269 g/mol. The van der Waals surface area contributed by atoms with Crippen molar-refractivity contribution in [2.24, 2.45) is 0 Å². The number of nitrogens with one attached hydrogen (secondary N) is 1. The highest BCUT2D eigenvalue weighted by Crippen LogP contribution is 2.32. The number of hydrogen-bond acceptors (Lipinski definition) is 3. The van der Waals surface area contributed by atoms with E-state index in [2.05, 4.69) is 5.32 Å². The lowest BCUT2D eigenvalue weighted by Gasteiger charge is -2.42. The van der Waals surface area contributed by atoms with Crippen LogP contribution in [0.5, 0.6) is 0 Å². The van der Waals surface area contributed by atoms with Gasteiger partial charge in [-0.3, -0.25) is 0 Å². The van der Waals surface area contributed by atoms with Gasteiger partial charge in [-0.2, -0.15) is 13.2 Å². The van der Waals surface area contributed by atoms with E-state index < -0.39 is 18.2 Å². The van der Waals surface area contributed by atoms with Gasteiger partial charge in [0.15, 0.2) is 0 Å². The third-order valence-electron chi connectivity index (χ3n) is 3.68. The monoisotopic (exact) mass is 269 g/mol. The third kappa shape index (κ3) is 4.40. The maximum atomic E-state index is 12.2. The van der Waals surface area contributed by atoms with Crippen molar-refractivity contribution < 1.29 is 22.6 Å². The molecule has 1 rings (SSSR count). The highest BCUT2D eigenvalue weighted by Gasteiger charge is 2.40. The summed E-state index contributed by atoms with van der Waals surface area (Å²) < 4.78 is 47.4. The molecule has 0 radical (unpaired) electrons. The highest BCUT2D eigenvalue weighted by molar-refractivity contribution is 4.94. The van der Waals surface area contributed by atoms with Gasteiger partial charge in [0.25, 0.3) is 0 Å². The molecule has 0 aromatic heterocycles. The van der Waals surface area contributed by atoms with Gasteiger partial charge in [0.1, 0.15) is 0 Å². The topological polar surface area (TPSA) is 30.5 Å². The van der Waals surface area contributed by atoms with E-state index in [4.69, 9.17) is 9.47 Å². The van der Waals surface area contributed by atoms with Crippen LogP contribution in [0.15, 0.2) is 0 Å². The molecule has 0 aliphatic carbocycles. The molecule has 1 aliphatic heterocycles. The Kier molecular flexibility index (Phi) is 5.88. The Bertz CT molecular complexity index is 240. The molecule has 1 atom stereocenters. The Labute approximate surface area is 106 Å². The van der Waals surface area contributed by atoms with Crippen molar-refractivity contribution >= 4 is 0 Å². The van der Waals surface area contributed by atoms with Gasteiger partial charge in [-0.25, -0.2) is 0 Å². The van der Waals surface area contributed by atoms with Crippen LogP contribution in [0.25, 0.3) is 0 Å². The summed E-state index contributed by atoms with van der Waals surface area (Å²) in [6, 6.07) is -0.0613. The molecule has 0 aromatic carbocycles. The number of hydrogen-bond donors (Lipinski definition) is 1. The molecule has 0 spiro atoms. The van der Waals surface area contributed by atoms with Gasteiger partial charge in [0, 0.05) is 45.6 Å². The molecule has 0 amide bonds. The Morgan fingerprint density at radius 1 is 1.33 bits per heavy atom. The average Bonchev–Trinajstić information content (AvgIpc) is 2.34. The quantitative estimate of drug-likeness (QED) is 0.803. The second-order valence-electron chi connectivity index (χ2n) is 4.73. The van der Waals surface area contributed by atoms with E-state index >= 15 is 0 Å². The van der Waals surface area contributed by atoms with Crippen molar-refractivity contribution in [3.05, 3.63) is 0 Å². The SMILES string of the molecule is CNC(CCCC(F)(F)F)C1(OC)CCOCC1. The van der Waals surface area contributed by atoms with E-state index in [-0.39, 0.29) is 12.5 Å². The van der Waals surface area contributed by atoms with Gasteiger partial charge >= 0.3 is 6.18 Å². The standard InChI is InChI=1S/C12H22F3NO2/c1-16-10(4-3-5-12(13,14)15)11(17-2)6-8-18-9-7-11/h10,16H,3-9H2,1-2H3. The van der Waals surface area contributed by atoms with Crippen molar-refractivity contribution in [2.45, 2.75) is 49.9 Å². The van der Waals surface area contributed by atoms with Crippen LogP contribution in [-0.2, 0) is 9.47 Å². The van der Waals surface area contributed by atoms with Crippen LogP contribution < -0.4 is 5.32 Å². The minimum absolute atomic E-state index is 0.0613. The molecular weight excluding hydrogens is 247 g/mol. The predicted molar refractivity (Wildman–Crippen MR) is 62.5 cm³/mol. The molecule has 1 saturated heterocycles. The summed E-state index contributed by atoms with van der Waals surface area (Å²) in [5, 5.41) is 3.10. The smallest absolute Gasteiger partial charge is 0.381 e. The lowest BCUT2D eigenvalue weighted by molar-refractivity contribution is -0.139. The Morgan fingerprint density at radius 3 is 2.39 bits per heavy atom.